The molecule has 1 saturated heterocycles. The van der Waals surface area contributed by atoms with Crippen molar-refractivity contribution in [3.63, 3.8) is 0 Å². The Morgan fingerprint density at radius 2 is 1.80 bits per heavy atom. The maximum Gasteiger partial charge on any atom is 0.307 e. The highest BCUT2D eigenvalue weighted by molar-refractivity contribution is 5.91. The Morgan fingerprint density at radius 1 is 1.25 bits per heavy atom. The van der Waals surface area contributed by atoms with Gasteiger partial charge in [0, 0.05) is 39.6 Å². The molecule has 0 aromatic carbocycles. The smallest absolute Gasteiger partial charge is 0.307 e. The molecule has 0 spiro atoms. The van der Waals surface area contributed by atoms with Gasteiger partial charge in [-0.3, -0.25) is 9.59 Å². The molecule has 6 nitrogen and oxygen atoms in total. The lowest BCUT2D eigenvalue weighted by molar-refractivity contribution is -0.143. The first-order valence-electron chi connectivity index (χ1n) is 6.97. The van der Waals surface area contributed by atoms with Crippen molar-refractivity contribution in [1.29, 1.82) is 0 Å². The molecule has 6 heteroatoms. The van der Waals surface area contributed by atoms with Crippen molar-refractivity contribution >= 4 is 11.9 Å². The lowest BCUT2D eigenvalue weighted by Gasteiger charge is -2.35. The van der Waals surface area contributed by atoms with E-state index in [4.69, 9.17) is 9.84 Å². The van der Waals surface area contributed by atoms with Gasteiger partial charge < -0.3 is 19.8 Å². The van der Waals surface area contributed by atoms with Crippen LogP contribution in [-0.4, -0.2) is 59.4 Å². The molecule has 2 rings (SSSR count). The zero-order valence-electron chi connectivity index (χ0n) is 12.3. The number of aliphatic hydroxyl groups is 1. The number of carboxylic acids is 1. The van der Waals surface area contributed by atoms with Crippen LogP contribution < -0.4 is 0 Å². The van der Waals surface area contributed by atoms with E-state index >= 15 is 0 Å². The van der Waals surface area contributed by atoms with Crippen LogP contribution in [0.2, 0.25) is 0 Å². The summed E-state index contributed by atoms with van der Waals surface area (Å²) in [6.07, 6.45) is 1.00. The third-order valence-corrected chi connectivity index (χ3v) is 4.69. The molecule has 2 aliphatic rings. The highest BCUT2D eigenvalue weighted by Crippen LogP contribution is 2.59. The minimum atomic E-state index is -0.925. The summed E-state index contributed by atoms with van der Waals surface area (Å²) in [5.74, 6) is -2.23. The summed E-state index contributed by atoms with van der Waals surface area (Å²) in [6, 6.07) is 0. The van der Waals surface area contributed by atoms with Gasteiger partial charge in [-0.15, -0.1) is 0 Å². The third kappa shape index (κ3) is 2.67. The molecule has 1 aliphatic heterocycles. The topological polar surface area (TPSA) is 87.1 Å². The van der Waals surface area contributed by atoms with E-state index in [0.717, 1.165) is 0 Å². The fraction of sp³-hybridized carbons (Fsp3) is 0.857. The molecule has 1 saturated carbocycles. The largest absolute Gasteiger partial charge is 0.481 e. The molecule has 1 aliphatic carbocycles. The van der Waals surface area contributed by atoms with Crippen molar-refractivity contribution < 1.29 is 24.5 Å². The number of hydrogen-bond acceptors (Lipinski definition) is 4. The Morgan fingerprint density at radius 3 is 2.25 bits per heavy atom. The molecule has 0 aromatic rings. The van der Waals surface area contributed by atoms with Gasteiger partial charge in [0.15, 0.2) is 0 Å². The van der Waals surface area contributed by atoms with Crippen molar-refractivity contribution in [3.8, 4) is 0 Å². The number of aliphatic carboxylic acids is 1. The third-order valence-electron chi connectivity index (χ3n) is 4.69. The number of nitrogens with zero attached hydrogens (tertiary/aromatic N) is 1. The first-order valence-corrected chi connectivity index (χ1v) is 6.97. The number of hydrogen-bond donors (Lipinski definition) is 2. The van der Waals surface area contributed by atoms with Crippen LogP contribution in [0.5, 0.6) is 0 Å². The van der Waals surface area contributed by atoms with Gasteiger partial charge in [-0.1, -0.05) is 13.8 Å². The number of ether oxygens (including phenoxy) is 1. The maximum atomic E-state index is 12.4. The van der Waals surface area contributed by atoms with Gasteiger partial charge in [0.05, 0.1) is 17.4 Å². The summed E-state index contributed by atoms with van der Waals surface area (Å²) in [4.78, 5) is 25.0. The van der Waals surface area contributed by atoms with Gasteiger partial charge in [0.2, 0.25) is 5.91 Å². The second-order valence-electron chi connectivity index (χ2n) is 6.65. The molecule has 2 atom stereocenters. The lowest BCUT2D eigenvalue weighted by atomic mass is 9.93. The van der Waals surface area contributed by atoms with Crippen molar-refractivity contribution in [2.24, 2.45) is 17.3 Å². The van der Waals surface area contributed by atoms with E-state index in [1.807, 2.05) is 0 Å². The van der Waals surface area contributed by atoms with E-state index in [1.165, 1.54) is 4.90 Å². The monoisotopic (exact) mass is 285 g/mol. The Labute approximate surface area is 118 Å². The number of carboxylic acid groups (broad SMARTS) is 1. The normalized spacial score (nSPS) is 30.6. The molecule has 2 N–H and O–H groups in total. The van der Waals surface area contributed by atoms with Gasteiger partial charge in [-0.25, -0.2) is 0 Å². The minimum Gasteiger partial charge on any atom is -0.481 e. The highest BCUT2D eigenvalue weighted by Gasteiger charge is 2.66. The second kappa shape index (κ2) is 5.00. The number of likely N-dealkylation sites (N-methyl/N-ethyl adjacent to an activating group) is 1. The van der Waals surface area contributed by atoms with Crippen LogP contribution in [-0.2, 0) is 14.3 Å². The predicted molar refractivity (Wildman–Crippen MR) is 71.0 cm³/mol. The molecule has 1 heterocycles. The van der Waals surface area contributed by atoms with Gasteiger partial charge in [0.25, 0.3) is 0 Å². The molecule has 20 heavy (non-hydrogen) atoms. The summed E-state index contributed by atoms with van der Waals surface area (Å²) >= 11 is 0. The first kappa shape index (κ1) is 15.3. The quantitative estimate of drug-likeness (QED) is 0.778. The van der Waals surface area contributed by atoms with Gasteiger partial charge in [-0.05, 0) is 5.41 Å². The standard InChI is InChI=1S/C14H23NO5/c1-13(2)9(10(13)12(17)18)11(16)15(3)8-14(19)4-6-20-7-5-14/h9-10,19H,4-8H2,1-3H3,(H,17,18). The molecule has 0 radical (unpaired) electrons. The van der Waals surface area contributed by atoms with Crippen LogP contribution in [0.4, 0.5) is 0 Å². The molecule has 1 amide bonds. The Kier molecular flexibility index (Phi) is 3.81. The minimum absolute atomic E-state index is 0.192. The molecule has 2 unspecified atom stereocenters. The van der Waals surface area contributed by atoms with Gasteiger partial charge in [-0.2, -0.15) is 0 Å². The van der Waals surface area contributed by atoms with Gasteiger partial charge >= 0.3 is 5.97 Å². The van der Waals surface area contributed by atoms with E-state index in [-0.39, 0.29) is 12.5 Å². The maximum absolute atomic E-state index is 12.4. The van der Waals surface area contributed by atoms with Crippen LogP contribution in [0.25, 0.3) is 0 Å². The summed E-state index contributed by atoms with van der Waals surface area (Å²) in [7, 11) is 1.63. The molecule has 114 valence electrons. The zero-order chi connectivity index (χ0) is 15.1. The van der Waals surface area contributed by atoms with E-state index < -0.39 is 28.8 Å². The van der Waals surface area contributed by atoms with Crippen molar-refractivity contribution in [1.82, 2.24) is 4.90 Å². The number of carbonyl (C=O) groups excluding carboxylic acids is 1. The molecular weight excluding hydrogens is 262 g/mol. The van der Waals surface area contributed by atoms with Crippen LogP contribution in [0.15, 0.2) is 0 Å². The average Bonchev–Trinajstić information content (AvgIpc) is 2.91. The summed E-state index contributed by atoms with van der Waals surface area (Å²) in [5.41, 5.74) is -1.42. The van der Waals surface area contributed by atoms with E-state index in [9.17, 15) is 14.7 Å². The summed E-state index contributed by atoms with van der Waals surface area (Å²) < 4.78 is 5.21. The molecule has 2 fully saturated rings. The lowest BCUT2D eigenvalue weighted by Crippen LogP contribution is -2.48. The number of carbonyl (C=O) groups is 2. The Bertz CT molecular complexity index is 414. The van der Waals surface area contributed by atoms with Gasteiger partial charge in [0.1, 0.15) is 0 Å². The fourth-order valence-electron chi connectivity index (χ4n) is 3.23. The van der Waals surface area contributed by atoms with Crippen molar-refractivity contribution in [3.05, 3.63) is 0 Å². The highest BCUT2D eigenvalue weighted by atomic mass is 16.5. The fourth-order valence-corrected chi connectivity index (χ4v) is 3.23. The van der Waals surface area contributed by atoms with Crippen molar-refractivity contribution in [2.45, 2.75) is 32.3 Å². The summed E-state index contributed by atoms with van der Waals surface area (Å²) in [5, 5.41) is 19.5. The van der Waals surface area contributed by atoms with E-state index in [0.29, 0.717) is 26.1 Å². The molecular formula is C14H23NO5. The zero-order valence-corrected chi connectivity index (χ0v) is 12.3. The number of amides is 1. The second-order valence-corrected chi connectivity index (χ2v) is 6.65. The summed E-state index contributed by atoms with van der Waals surface area (Å²) in [6.45, 7) is 4.81. The van der Waals surface area contributed by atoms with Crippen LogP contribution in [0.3, 0.4) is 0 Å². The van der Waals surface area contributed by atoms with E-state index in [2.05, 4.69) is 0 Å². The number of rotatable bonds is 4. The van der Waals surface area contributed by atoms with Crippen LogP contribution in [0, 0.1) is 17.3 Å². The molecule has 0 bridgehead atoms. The van der Waals surface area contributed by atoms with Crippen LogP contribution in [0.1, 0.15) is 26.7 Å². The molecule has 0 aromatic heterocycles. The Balaban J connectivity index is 1.98. The van der Waals surface area contributed by atoms with Crippen LogP contribution >= 0.6 is 0 Å². The SMILES string of the molecule is CN(CC1(O)CCOCC1)C(=O)C1C(C(=O)O)C1(C)C. The predicted octanol–water partition coefficient (Wildman–Crippen LogP) is 0.343. The van der Waals surface area contributed by atoms with Crippen molar-refractivity contribution in [2.75, 3.05) is 26.8 Å². The Hall–Kier alpha value is -1.14. The first-order chi connectivity index (χ1) is 9.19. The van der Waals surface area contributed by atoms with E-state index in [1.54, 1.807) is 20.9 Å². The average molecular weight is 285 g/mol.